The molecule has 4 saturated heterocycles. The van der Waals surface area contributed by atoms with Crippen LogP contribution >= 0.6 is 0 Å². The van der Waals surface area contributed by atoms with Crippen molar-refractivity contribution in [3.05, 3.63) is 0 Å². The average molecular weight is 284 g/mol. The van der Waals surface area contributed by atoms with Crippen molar-refractivity contribution in [2.24, 2.45) is 23.7 Å². The van der Waals surface area contributed by atoms with Gasteiger partial charge < -0.3 is 14.6 Å². The van der Waals surface area contributed by atoms with Gasteiger partial charge in [-0.2, -0.15) is 0 Å². The van der Waals surface area contributed by atoms with Crippen LogP contribution in [-0.4, -0.2) is 29.1 Å². The topological polar surface area (TPSA) is 57.2 Å². The molecule has 5 fully saturated rings. The van der Waals surface area contributed by atoms with Crippen molar-refractivity contribution in [3.8, 4) is 0 Å². The average Bonchev–Trinajstić information content (AvgIpc) is 2.63. The fraction of sp³-hybridized carbons (Fsp3) is 1.00. The minimum Gasteiger partial charge on any atom is -0.368 e. The summed E-state index contributed by atoms with van der Waals surface area (Å²) in [6.45, 7) is 6.22. The number of rotatable bonds is 0. The van der Waals surface area contributed by atoms with Gasteiger partial charge in [-0.05, 0) is 38.0 Å². The lowest BCUT2D eigenvalue weighted by Crippen LogP contribution is -2.70. The van der Waals surface area contributed by atoms with E-state index >= 15 is 0 Å². The monoisotopic (exact) mass is 284 g/mol. The highest BCUT2D eigenvalue weighted by Gasteiger charge is 2.69. The van der Waals surface area contributed by atoms with E-state index in [0.717, 1.165) is 19.3 Å². The maximum absolute atomic E-state index is 10.2. The Kier molecular flexibility index (Phi) is 2.81. The van der Waals surface area contributed by atoms with E-state index in [4.69, 9.17) is 19.2 Å². The molecule has 0 radical (unpaired) electrons. The smallest absolute Gasteiger partial charge is 0.201 e. The molecule has 4 heterocycles. The molecule has 8 atom stereocenters. The van der Waals surface area contributed by atoms with Crippen LogP contribution in [0.1, 0.15) is 46.5 Å². The molecule has 20 heavy (non-hydrogen) atoms. The van der Waals surface area contributed by atoms with Crippen molar-refractivity contribution in [2.75, 3.05) is 0 Å². The molecule has 5 rings (SSSR count). The first-order valence-electron chi connectivity index (χ1n) is 7.84. The lowest BCUT2D eigenvalue weighted by Gasteiger charge is -2.59. The lowest BCUT2D eigenvalue weighted by molar-refractivity contribution is -0.576. The van der Waals surface area contributed by atoms with E-state index in [1.54, 1.807) is 0 Å². The van der Waals surface area contributed by atoms with Crippen molar-refractivity contribution < 1.29 is 24.4 Å². The van der Waals surface area contributed by atoms with Gasteiger partial charge in [0.05, 0.1) is 0 Å². The Balaban J connectivity index is 1.82. The highest BCUT2D eigenvalue weighted by molar-refractivity contribution is 5.08. The van der Waals surface area contributed by atoms with E-state index in [9.17, 15) is 5.11 Å². The number of aliphatic hydroxyl groups excluding tert-OH is 1. The minimum atomic E-state index is -0.781. The molecule has 4 aliphatic heterocycles. The van der Waals surface area contributed by atoms with Gasteiger partial charge in [0.1, 0.15) is 0 Å². The summed E-state index contributed by atoms with van der Waals surface area (Å²) in [5.41, 5.74) is -0.549. The summed E-state index contributed by atoms with van der Waals surface area (Å²) in [6.07, 6.45) is 2.72. The summed E-state index contributed by atoms with van der Waals surface area (Å²) >= 11 is 0. The second-order valence-corrected chi connectivity index (χ2v) is 7.30. The highest BCUT2D eigenvalue weighted by atomic mass is 17.3. The zero-order chi connectivity index (χ0) is 14.1. The molecule has 1 unspecified atom stereocenters. The molecule has 1 aliphatic carbocycles. The van der Waals surface area contributed by atoms with Crippen molar-refractivity contribution in [2.45, 2.75) is 70.4 Å². The van der Waals surface area contributed by atoms with Gasteiger partial charge in [-0.1, -0.05) is 13.8 Å². The van der Waals surface area contributed by atoms with Gasteiger partial charge in [-0.25, -0.2) is 9.78 Å². The number of ether oxygens (including phenoxy) is 2. The summed E-state index contributed by atoms with van der Waals surface area (Å²) in [5, 5.41) is 10.2. The maximum Gasteiger partial charge on any atom is 0.201 e. The molecular formula is C15H24O5. The first kappa shape index (κ1) is 13.5. The van der Waals surface area contributed by atoms with Gasteiger partial charge in [-0.3, -0.25) is 0 Å². The van der Waals surface area contributed by atoms with Gasteiger partial charge in [-0.15, -0.1) is 0 Å². The van der Waals surface area contributed by atoms with Gasteiger partial charge >= 0.3 is 0 Å². The molecule has 5 aliphatic rings. The SMILES string of the molecule is C[C@H]1[C@H](O)O[C@@H]2OC3(C)CC[C@H]4[C@H](C)CC[C@@H]1[C@@]24OO3. The van der Waals surface area contributed by atoms with Crippen LogP contribution < -0.4 is 0 Å². The predicted octanol–water partition coefficient (Wildman–Crippen LogP) is 2.19. The Morgan fingerprint density at radius 2 is 1.85 bits per heavy atom. The van der Waals surface area contributed by atoms with E-state index in [0.29, 0.717) is 11.8 Å². The van der Waals surface area contributed by atoms with Crippen LogP contribution in [0.15, 0.2) is 0 Å². The van der Waals surface area contributed by atoms with E-state index in [2.05, 4.69) is 6.92 Å². The van der Waals surface area contributed by atoms with Gasteiger partial charge in [0, 0.05) is 18.3 Å². The third kappa shape index (κ3) is 1.56. The van der Waals surface area contributed by atoms with E-state index in [1.165, 1.54) is 6.42 Å². The van der Waals surface area contributed by atoms with E-state index < -0.39 is 24.0 Å². The van der Waals surface area contributed by atoms with Gasteiger partial charge in [0.2, 0.25) is 5.79 Å². The molecule has 1 saturated carbocycles. The van der Waals surface area contributed by atoms with Crippen molar-refractivity contribution in [1.29, 1.82) is 0 Å². The number of fused-ring (bicyclic) bond motifs is 2. The zero-order valence-corrected chi connectivity index (χ0v) is 12.4. The van der Waals surface area contributed by atoms with Crippen molar-refractivity contribution in [3.63, 3.8) is 0 Å². The zero-order valence-electron chi connectivity index (χ0n) is 12.4. The molecule has 2 bridgehead atoms. The summed E-state index contributed by atoms with van der Waals surface area (Å²) in [6, 6.07) is 0. The first-order valence-corrected chi connectivity index (χ1v) is 7.84. The van der Waals surface area contributed by atoms with Crippen LogP contribution in [0.25, 0.3) is 0 Å². The Bertz CT molecular complexity index is 411. The first-order chi connectivity index (χ1) is 9.46. The molecule has 0 aromatic carbocycles. The van der Waals surface area contributed by atoms with E-state index in [-0.39, 0.29) is 11.8 Å². The van der Waals surface area contributed by atoms with Gasteiger partial charge in [0.15, 0.2) is 18.2 Å². The summed E-state index contributed by atoms with van der Waals surface area (Å²) in [7, 11) is 0. The summed E-state index contributed by atoms with van der Waals surface area (Å²) in [4.78, 5) is 11.6. The molecule has 0 aromatic heterocycles. The van der Waals surface area contributed by atoms with Crippen molar-refractivity contribution >= 4 is 0 Å². The Labute approximate surface area is 119 Å². The van der Waals surface area contributed by atoms with Crippen molar-refractivity contribution in [1.82, 2.24) is 0 Å². The molecule has 114 valence electrons. The largest absolute Gasteiger partial charge is 0.368 e. The summed E-state index contributed by atoms with van der Waals surface area (Å²) < 4.78 is 11.9. The third-order valence-electron chi connectivity index (χ3n) is 6.12. The number of hydrogen-bond donors (Lipinski definition) is 1. The molecule has 0 amide bonds. The van der Waals surface area contributed by atoms with Crippen LogP contribution in [0, 0.1) is 23.7 Å². The van der Waals surface area contributed by atoms with Crippen LogP contribution in [0.5, 0.6) is 0 Å². The van der Waals surface area contributed by atoms with Crippen LogP contribution in [0.2, 0.25) is 0 Å². The van der Waals surface area contributed by atoms with Gasteiger partial charge in [0.25, 0.3) is 0 Å². The molecule has 0 aromatic rings. The second-order valence-electron chi connectivity index (χ2n) is 7.30. The standard InChI is InChI=1S/C15H24O5/c1-8-4-5-11-9(2)12(16)17-13-15(11)10(8)6-7-14(3,18-13)19-20-15/h8-13,16H,4-7H2,1-3H3/t8-,9-,10+,11+,12-,13-,14?,15-/m1/s1. The minimum absolute atomic E-state index is 0.0379. The predicted molar refractivity (Wildman–Crippen MR) is 69.0 cm³/mol. The van der Waals surface area contributed by atoms with Crippen LogP contribution in [-0.2, 0) is 19.2 Å². The molecular weight excluding hydrogens is 260 g/mol. The number of hydrogen-bond acceptors (Lipinski definition) is 5. The quantitative estimate of drug-likeness (QED) is 0.691. The fourth-order valence-electron chi connectivity index (χ4n) is 4.89. The second kappa shape index (κ2) is 4.17. The number of aliphatic hydroxyl groups is 1. The molecule has 5 nitrogen and oxygen atoms in total. The fourth-order valence-corrected chi connectivity index (χ4v) is 4.89. The Hall–Kier alpha value is -0.200. The normalized spacial score (nSPS) is 61.8. The summed E-state index contributed by atoms with van der Waals surface area (Å²) in [5.74, 6) is 0.437. The van der Waals surface area contributed by atoms with E-state index in [1.807, 2.05) is 13.8 Å². The molecule has 1 N–H and O–H groups in total. The molecule has 5 heteroatoms. The maximum atomic E-state index is 10.2. The highest BCUT2D eigenvalue weighted by Crippen LogP contribution is 2.60. The Morgan fingerprint density at radius 3 is 2.65 bits per heavy atom. The third-order valence-corrected chi connectivity index (χ3v) is 6.12. The molecule has 1 spiro atoms. The van der Waals surface area contributed by atoms with Crippen LogP contribution in [0.4, 0.5) is 0 Å². The lowest BCUT2D eigenvalue weighted by atomic mass is 9.58. The van der Waals surface area contributed by atoms with Crippen LogP contribution in [0.3, 0.4) is 0 Å². The Morgan fingerprint density at radius 1 is 1.05 bits per heavy atom.